The molecule has 0 saturated heterocycles. The second-order valence-electron chi connectivity index (χ2n) is 4.03. The van der Waals surface area contributed by atoms with Gasteiger partial charge in [-0.25, -0.2) is 4.79 Å². The van der Waals surface area contributed by atoms with Gasteiger partial charge in [-0.1, -0.05) is 25.6 Å². The van der Waals surface area contributed by atoms with Gasteiger partial charge in [0, 0.05) is 0 Å². The number of methoxy groups -OCH3 is 1. The van der Waals surface area contributed by atoms with Crippen LogP contribution in [0.3, 0.4) is 0 Å². The second kappa shape index (κ2) is 8.62. The van der Waals surface area contributed by atoms with Crippen molar-refractivity contribution in [1.82, 2.24) is 5.32 Å². The molecule has 1 amide bonds. The third-order valence-corrected chi connectivity index (χ3v) is 2.81. The van der Waals surface area contributed by atoms with Crippen molar-refractivity contribution in [2.45, 2.75) is 26.3 Å². The predicted molar refractivity (Wildman–Crippen MR) is 71.7 cm³/mol. The summed E-state index contributed by atoms with van der Waals surface area (Å²) >= 11 is 1.00. The molecule has 0 aromatic heterocycles. The molecule has 8 heteroatoms. The molecule has 5 N–H and O–H groups in total. The van der Waals surface area contributed by atoms with Gasteiger partial charge in [-0.2, -0.15) is 5.10 Å². The highest BCUT2D eigenvalue weighted by Gasteiger charge is 2.22. The summed E-state index contributed by atoms with van der Waals surface area (Å²) in [6, 6.07) is -0.640. The van der Waals surface area contributed by atoms with Crippen molar-refractivity contribution in [2.75, 3.05) is 12.9 Å². The summed E-state index contributed by atoms with van der Waals surface area (Å²) in [5, 5.41) is 5.93. The molecule has 0 aliphatic carbocycles. The first-order valence-electron chi connectivity index (χ1n) is 5.44. The number of esters is 1. The van der Waals surface area contributed by atoms with Gasteiger partial charge < -0.3 is 21.6 Å². The van der Waals surface area contributed by atoms with E-state index in [9.17, 15) is 9.59 Å². The van der Waals surface area contributed by atoms with E-state index in [-0.39, 0.29) is 22.7 Å². The number of hydrogen-bond acceptors (Lipinski definition) is 6. The number of nitrogens with zero attached hydrogens (tertiary/aromatic N) is 1. The number of carbonyl (C=O) groups excluding carboxylic acids is 2. The predicted octanol–water partition coefficient (Wildman–Crippen LogP) is -0.388. The number of rotatable bonds is 6. The minimum absolute atomic E-state index is 0.0537. The lowest BCUT2D eigenvalue weighted by atomic mass is 10.0. The van der Waals surface area contributed by atoms with E-state index in [0.717, 1.165) is 11.8 Å². The van der Waals surface area contributed by atoms with E-state index in [0.29, 0.717) is 6.42 Å². The van der Waals surface area contributed by atoms with Crippen molar-refractivity contribution < 1.29 is 14.3 Å². The average Bonchev–Trinajstić information content (AvgIpc) is 2.33. The number of ether oxygens (including phenoxy) is 1. The number of hydrazone groups is 1. The number of nitrogens with one attached hydrogen (secondary N) is 1. The number of hydrogen-bond donors (Lipinski definition) is 3. The van der Waals surface area contributed by atoms with Gasteiger partial charge >= 0.3 is 5.97 Å². The van der Waals surface area contributed by atoms with Gasteiger partial charge in [0.1, 0.15) is 6.04 Å². The summed E-state index contributed by atoms with van der Waals surface area (Å²) < 4.78 is 4.63. The molecule has 0 aromatic rings. The molecule has 1 atom stereocenters. The van der Waals surface area contributed by atoms with Gasteiger partial charge in [-0.3, -0.25) is 4.79 Å². The van der Waals surface area contributed by atoms with Crippen LogP contribution >= 0.6 is 11.8 Å². The van der Waals surface area contributed by atoms with Crippen molar-refractivity contribution in [3.8, 4) is 0 Å². The van der Waals surface area contributed by atoms with Crippen molar-refractivity contribution in [3.05, 3.63) is 0 Å². The van der Waals surface area contributed by atoms with Gasteiger partial charge in [0.15, 0.2) is 5.17 Å². The van der Waals surface area contributed by atoms with Gasteiger partial charge in [-0.15, -0.1) is 0 Å². The van der Waals surface area contributed by atoms with Gasteiger partial charge in [0.2, 0.25) is 5.91 Å². The molecule has 0 radical (unpaired) electrons. The maximum absolute atomic E-state index is 11.6. The maximum Gasteiger partial charge on any atom is 0.328 e. The molecule has 18 heavy (non-hydrogen) atoms. The second-order valence-corrected chi connectivity index (χ2v) is 5.02. The van der Waals surface area contributed by atoms with Crippen LogP contribution in [0.15, 0.2) is 5.10 Å². The zero-order chi connectivity index (χ0) is 14.1. The molecule has 0 spiro atoms. The quantitative estimate of drug-likeness (QED) is 0.200. The van der Waals surface area contributed by atoms with E-state index < -0.39 is 12.0 Å². The van der Waals surface area contributed by atoms with Crippen LogP contribution in [0.25, 0.3) is 0 Å². The Morgan fingerprint density at radius 1 is 1.44 bits per heavy atom. The lowest BCUT2D eigenvalue weighted by Gasteiger charge is -2.18. The van der Waals surface area contributed by atoms with E-state index in [1.54, 1.807) is 0 Å². The van der Waals surface area contributed by atoms with E-state index >= 15 is 0 Å². The van der Waals surface area contributed by atoms with Gasteiger partial charge in [0.05, 0.1) is 12.9 Å². The van der Waals surface area contributed by atoms with E-state index in [2.05, 4.69) is 15.2 Å². The Morgan fingerprint density at radius 2 is 2.06 bits per heavy atom. The minimum Gasteiger partial charge on any atom is -0.467 e. The number of thioether (sulfide) groups is 1. The normalized spacial score (nSPS) is 13.2. The summed E-state index contributed by atoms with van der Waals surface area (Å²) in [6.07, 6.45) is 0.517. The molecule has 7 nitrogen and oxygen atoms in total. The lowest BCUT2D eigenvalue weighted by Crippen LogP contribution is -2.43. The smallest absolute Gasteiger partial charge is 0.328 e. The molecule has 0 aromatic carbocycles. The van der Waals surface area contributed by atoms with E-state index in [4.69, 9.17) is 11.6 Å². The van der Waals surface area contributed by atoms with Crippen LogP contribution in [0.5, 0.6) is 0 Å². The summed E-state index contributed by atoms with van der Waals surface area (Å²) in [4.78, 5) is 23.0. The monoisotopic (exact) mass is 276 g/mol. The van der Waals surface area contributed by atoms with Crippen molar-refractivity contribution in [2.24, 2.45) is 22.6 Å². The Hall–Kier alpha value is -1.44. The van der Waals surface area contributed by atoms with Crippen LogP contribution in [0.4, 0.5) is 0 Å². The highest BCUT2D eigenvalue weighted by molar-refractivity contribution is 8.14. The fourth-order valence-corrected chi connectivity index (χ4v) is 1.68. The van der Waals surface area contributed by atoms with Crippen LogP contribution in [-0.2, 0) is 14.3 Å². The van der Waals surface area contributed by atoms with Gasteiger partial charge in [-0.05, 0) is 12.3 Å². The van der Waals surface area contributed by atoms with Crippen LogP contribution < -0.4 is 16.9 Å². The Balaban J connectivity index is 4.31. The third-order valence-electron chi connectivity index (χ3n) is 2.01. The maximum atomic E-state index is 11.6. The Bertz CT molecular complexity index is 320. The first-order chi connectivity index (χ1) is 8.40. The fourth-order valence-electron chi connectivity index (χ4n) is 1.24. The number of carbonyl (C=O) groups is 2. The molecule has 0 bridgehead atoms. The molecule has 104 valence electrons. The molecule has 0 aliphatic rings. The zero-order valence-electron chi connectivity index (χ0n) is 10.8. The summed E-state index contributed by atoms with van der Waals surface area (Å²) in [5.41, 5.74) is 5.34. The largest absolute Gasteiger partial charge is 0.467 e. The van der Waals surface area contributed by atoms with Crippen LogP contribution in [-0.4, -0.2) is 35.9 Å². The van der Waals surface area contributed by atoms with Crippen molar-refractivity contribution in [1.29, 1.82) is 0 Å². The molecule has 0 saturated carbocycles. The molecule has 1 unspecified atom stereocenters. The molecule has 0 heterocycles. The summed E-state index contributed by atoms with van der Waals surface area (Å²) in [7, 11) is 1.29. The molecule has 0 aliphatic heterocycles. The zero-order valence-corrected chi connectivity index (χ0v) is 11.6. The molecular formula is C10H20N4O3S. The SMILES string of the molecule is COC(=O)C(CC(C)C)NC(=O)CSC(N)=NN. The fraction of sp³-hybridized carbons (Fsp3) is 0.700. The van der Waals surface area contributed by atoms with Crippen molar-refractivity contribution in [3.63, 3.8) is 0 Å². The third kappa shape index (κ3) is 7.00. The highest BCUT2D eigenvalue weighted by atomic mass is 32.2. The summed E-state index contributed by atoms with van der Waals surface area (Å²) in [5.74, 6) is 4.47. The first kappa shape index (κ1) is 16.6. The Kier molecular flexibility index (Phi) is 7.93. The first-order valence-corrected chi connectivity index (χ1v) is 6.42. The molecule has 0 rings (SSSR count). The highest BCUT2D eigenvalue weighted by Crippen LogP contribution is 2.07. The topological polar surface area (TPSA) is 120 Å². The Labute approximate surface area is 111 Å². The standard InChI is InChI=1S/C10H20N4O3S/c1-6(2)4-7(9(16)17-3)13-8(15)5-18-10(11)14-12/h6-7H,4-5,12H2,1-3H3,(H2,11,14)(H,13,15). The molecule has 0 fully saturated rings. The van der Waals surface area contributed by atoms with Crippen LogP contribution in [0.2, 0.25) is 0 Å². The van der Waals surface area contributed by atoms with Crippen LogP contribution in [0.1, 0.15) is 20.3 Å². The number of amides is 1. The average molecular weight is 276 g/mol. The lowest BCUT2D eigenvalue weighted by molar-refractivity contribution is -0.145. The van der Waals surface area contributed by atoms with E-state index in [1.807, 2.05) is 13.8 Å². The van der Waals surface area contributed by atoms with Gasteiger partial charge in [0.25, 0.3) is 0 Å². The number of amidine groups is 1. The minimum atomic E-state index is -0.640. The number of nitrogens with two attached hydrogens (primary N) is 2. The molecular weight excluding hydrogens is 256 g/mol. The summed E-state index contributed by atoms with van der Waals surface area (Å²) in [6.45, 7) is 3.91. The Morgan fingerprint density at radius 3 is 2.50 bits per heavy atom. The van der Waals surface area contributed by atoms with Crippen molar-refractivity contribution >= 4 is 28.8 Å². The van der Waals surface area contributed by atoms with Crippen LogP contribution in [0, 0.1) is 5.92 Å². The van der Waals surface area contributed by atoms with E-state index in [1.165, 1.54) is 7.11 Å².